The molecule has 0 fully saturated rings. The predicted molar refractivity (Wildman–Crippen MR) is 122 cm³/mol. The number of ether oxygens (including phenoxy) is 2. The van der Waals surface area contributed by atoms with Crippen LogP contribution in [0.2, 0.25) is 0 Å². The quantitative estimate of drug-likeness (QED) is 0.278. The Bertz CT molecular complexity index is 1250. The first-order valence-electron chi connectivity index (χ1n) is 11.0. The van der Waals surface area contributed by atoms with E-state index in [4.69, 9.17) is 0 Å². The van der Waals surface area contributed by atoms with Crippen LogP contribution in [0.4, 0.5) is 26.3 Å². The maximum absolute atomic E-state index is 13.5. The van der Waals surface area contributed by atoms with Crippen LogP contribution in [0.1, 0.15) is 49.5 Å². The molecule has 1 aliphatic heterocycles. The van der Waals surface area contributed by atoms with E-state index in [0.717, 1.165) is 16.6 Å². The summed E-state index contributed by atoms with van der Waals surface area (Å²) in [5, 5.41) is 16.2. The third kappa shape index (κ3) is 6.46. The highest BCUT2D eigenvalue weighted by molar-refractivity contribution is 5.82. The number of hydrogen-bond donors (Lipinski definition) is 1. The van der Waals surface area contributed by atoms with E-state index in [9.17, 15) is 31.4 Å². The van der Waals surface area contributed by atoms with Crippen LogP contribution < -0.4 is 4.74 Å². The van der Waals surface area contributed by atoms with Gasteiger partial charge in [0.25, 0.3) is 0 Å². The predicted octanol–water partition coefficient (Wildman–Crippen LogP) is 7.27. The SMILES string of the molecule is CC/C(F)=C\C=C(/CC)n1ncc2cc(C(O)c3cccc4c3COC(F)(F)O4)ccc21.FC(F)F. The largest absolute Gasteiger partial charge is 0.535 e. The molecular weight excluding hydrogens is 490 g/mol. The molecule has 1 atom stereocenters. The first-order valence-corrected chi connectivity index (χ1v) is 11.0. The van der Waals surface area contributed by atoms with Crippen molar-refractivity contribution in [3.63, 3.8) is 0 Å². The first-order chi connectivity index (χ1) is 17.1. The Labute approximate surface area is 203 Å². The van der Waals surface area contributed by atoms with E-state index in [0.29, 0.717) is 29.5 Å². The second kappa shape index (κ2) is 11.6. The second-order valence-electron chi connectivity index (χ2n) is 7.68. The molecule has 1 unspecified atom stereocenters. The first kappa shape index (κ1) is 27.3. The molecule has 2 aromatic carbocycles. The molecule has 0 amide bonds. The normalized spacial score (nSPS) is 16.3. The highest BCUT2D eigenvalue weighted by atomic mass is 19.4. The molecule has 0 radical (unpaired) electrons. The van der Waals surface area contributed by atoms with E-state index < -0.39 is 19.1 Å². The molecule has 0 spiro atoms. The third-order valence-corrected chi connectivity index (χ3v) is 5.41. The zero-order chi connectivity index (χ0) is 26.5. The van der Waals surface area contributed by atoms with Gasteiger partial charge in [0.2, 0.25) is 0 Å². The second-order valence-corrected chi connectivity index (χ2v) is 7.68. The molecule has 36 heavy (non-hydrogen) atoms. The Kier molecular flexibility index (Phi) is 8.80. The smallest absolute Gasteiger partial charge is 0.409 e. The number of aliphatic hydroxyl groups excluding tert-OH is 1. The summed E-state index contributed by atoms with van der Waals surface area (Å²) >= 11 is 0. The van der Waals surface area contributed by atoms with Gasteiger partial charge < -0.3 is 9.84 Å². The number of aliphatic hydroxyl groups is 1. The van der Waals surface area contributed by atoms with E-state index in [1.54, 1.807) is 48.1 Å². The molecule has 2 heterocycles. The lowest BCUT2D eigenvalue weighted by molar-refractivity contribution is -0.368. The molecule has 3 aromatic rings. The molecule has 4 rings (SSSR count). The fraction of sp³-hybridized carbons (Fsp3) is 0.320. The minimum atomic E-state index is -3.69. The molecule has 0 bridgehead atoms. The van der Waals surface area contributed by atoms with Gasteiger partial charge in [-0.1, -0.05) is 32.0 Å². The molecule has 1 aliphatic rings. The van der Waals surface area contributed by atoms with Crippen molar-refractivity contribution in [2.24, 2.45) is 0 Å². The van der Waals surface area contributed by atoms with Crippen LogP contribution in [-0.2, 0) is 11.3 Å². The Morgan fingerprint density at radius 3 is 2.53 bits per heavy atom. The molecule has 194 valence electrons. The van der Waals surface area contributed by atoms with Gasteiger partial charge in [0, 0.05) is 16.6 Å². The maximum Gasteiger partial charge on any atom is 0.535 e. The van der Waals surface area contributed by atoms with E-state index in [-0.39, 0.29) is 18.2 Å². The number of hydrogen-bond acceptors (Lipinski definition) is 4. The Hall–Kier alpha value is -3.31. The van der Waals surface area contributed by atoms with Crippen LogP contribution in [0.3, 0.4) is 0 Å². The Balaban J connectivity index is 0.000000840. The maximum atomic E-state index is 13.5. The van der Waals surface area contributed by atoms with Crippen LogP contribution in [0, 0.1) is 0 Å². The lowest BCUT2D eigenvalue weighted by atomic mass is 9.95. The number of benzene rings is 2. The van der Waals surface area contributed by atoms with Crippen molar-refractivity contribution in [3.8, 4) is 5.75 Å². The van der Waals surface area contributed by atoms with Crippen LogP contribution in [-0.4, -0.2) is 27.9 Å². The highest BCUT2D eigenvalue weighted by Gasteiger charge is 2.39. The minimum Gasteiger partial charge on any atom is -0.409 e. The number of allylic oxidation sites excluding steroid dienone is 4. The van der Waals surface area contributed by atoms with Crippen LogP contribution in [0.25, 0.3) is 16.6 Å². The van der Waals surface area contributed by atoms with Crippen molar-refractivity contribution in [2.45, 2.75) is 52.4 Å². The summed E-state index contributed by atoms with van der Waals surface area (Å²) in [5.74, 6) is -0.230. The zero-order valence-corrected chi connectivity index (χ0v) is 19.4. The summed E-state index contributed by atoms with van der Waals surface area (Å²) < 4.78 is 80.1. The number of alkyl halides is 5. The van der Waals surface area contributed by atoms with Crippen molar-refractivity contribution in [3.05, 3.63) is 77.3 Å². The number of rotatable bonds is 6. The minimum absolute atomic E-state index is 0.0169. The lowest BCUT2D eigenvalue weighted by Gasteiger charge is -2.27. The lowest BCUT2D eigenvalue weighted by Crippen LogP contribution is -2.33. The van der Waals surface area contributed by atoms with Crippen molar-refractivity contribution in [1.82, 2.24) is 9.78 Å². The zero-order valence-electron chi connectivity index (χ0n) is 19.4. The molecule has 0 aliphatic carbocycles. The van der Waals surface area contributed by atoms with Gasteiger partial charge in [0.05, 0.1) is 24.1 Å². The topological polar surface area (TPSA) is 56.5 Å². The van der Waals surface area contributed by atoms with Gasteiger partial charge in [-0.25, -0.2) is 9.07 Å². The van der Waals surface area contributed by atoms with Crippen molar-refractivity contribution in [1.29, 1.82) is 0 Å². The van der Waals surface area contributed by atoms with Crippen molar-refractivity contribution >= 4 is 16.6 Å². The number of halogens is 6. The summed E-state index contributed by atoms with van der Waals surface area (Å²) in [7, 11) is 0. The summed E-state index contributed by atoms with van der Waals surface area (Å²) in [4.78, 5) is 0. The molecule has 0 saturated carbocycles. The van der Waals surface area contributed by atoms with Crippen molar-refractivity contribution < 1.29 is 40.9 Å². The molecule has 11 heteroatoms. The van der Waals surface area contributed by atoms with E-state index in [1.165, 1.54) is 12.1 Å². The fourth-order valence-corrected chi connectivity index (χ4v) is 3.68. The van der Waals surface area contributed by atoms with Gasteiger partial charge in [0.15, 0.2) is 0 Å². The summed E-state index contributed by atoms with van der Waals surface area (Å²) in [6.07, 6.45) is 1.03. The van der Waals surface area contributed by atoms with Crippen molar-refractivity contribution in [2.75, 3.05) is 0 Å². The van der Waals surface area contributed by atoms with Gasteiger partial charge >= 0.3 is 13.0 Å². The van der Waals surface area contributed by atoms with Crippen LogP contribution in [0.5, 0.6) is 5.75 Å². The van der Waals surface area contributed by atoms with Gasteiger partial charge in [0.1, 0.15) is 11.9 Å². The molecular formula is C25H24F6N2O3. The van der Waals surface area contributed by atoms with E-state index in [2.05, 4.69) is 14.6 Å². The third-order valence-electron chi connectivity index (χ3n) is 5.41. The average Bonchev–Trinajstić information content (AvgIpc) is 3.25. The van der Waals surface area contributed by atoms with Gasteiger partial charge in [-0.05, 0) is 54.3 Å². The number of nitrogens with zero attached hydrogens (tertiary/aromatic N) is 2. The molecule has 1 aromatic heterocycles. The number of fused-ring (bicyclic) bond motifs is 2. The van der Waals surface area contributed by atoms with E-state index >= 15 is 0 Å². The van der Waals surface area contributed by atoms with Crippen LogP contribution in [0.15, 0.2) is 60.6 Å². The number of aromatic nitrogens is 2. The Morgan fingerprint density at radius 1 is 1.14 bits per heavy atom. The fourth-order valence-electron chi connectivity index (χ4n) is 3.68. The van der Waals surface area contributed by atoms with E-state index in [1.807, 2.05) is 13.0 Å². The monoisotopic (exact) mass is 514 g/mol. The molecule has 5 nitrogen and oxygen atoms in total. The molecule has 0 saturated heterocycles. The Morgan fingerprint density at radius 2 is 1.86 bits per heavy atom. The standard InChI is InChI=1S/C24H23F3N2O3.CHF3/c1-3-17(25)9-10-18(4-2)29-21-11-8-15(12-16(21)13-28-29)23(30)19-6-5-7-22-20(19)14-31-24(26,27)32-22;2-1(3)4/h5-13,23,30H,3-4,14H2,1-2H3;1H/b17-9+,18-10+;. The molecule has 1 N–H and O–H groups in total. The van der Waals surface area contributed by atoms with Gasteiger partial charge in [-0.15, -0.1) is 8.78 Å². The summed E-state index contributed by atoms with van der Waals surface area (Å²) in [5.41, 5.74) is 3.01. The van der Waals surface area contributed by atoms with Crippen LogP contribution >= 0.6 is 0 Å². The van der Waals surface area contributed by atoms with Gasteiger partial charge in [-0.3, -0.25) is 4.74 Å². The summed E-state index contributed by atoms with van der Waals surface area (Å²) in [6, 6.07) is 9.98. The van der Waals surface area contributed by atoms with Gasteiger partial charge in [-0.2, -0.15) is 18.3 Å². The highest BCUT2D eigenvalue weighted by Crippen LogP contribution is 2.38. The average molecular weight is 514 g/mol. The summed E-state index contributed by atoms with van der Waals surface area (Å²) in [6.45, 7) is -0.335.